The highest BCUT2D eigenvalue weighted by Gasteiger charge is 2.37. The quantitative estimate of drug-likeness (QED) is 0.651. The molecular weight excluding hydrogens is 409 g/mol. The molecule has 4 rings (SSSR count). The summed E-state index contributed by atoms with van der Waals surface area (Å²) in [6, 6.07) is 7.91. The lowest BCUT2D eigenvalue weighted by atomic mass is 9.84. The molecule has 3 aromatic rings. The molecule has 9 heteroatoms. The fourth-order valence-electron chi connectivity index (χ4n) is 3.84. The van der Waals surface area contributed by atoms with Gasteiger partial charge in [-0.3, -0.25) is 19.3 Å². The summed E-state index contributed by atoms with van der Waals surface area (Å²) in [5, 5.41) is 6.95. The zero-order valence-electron chi connectivity index (χ0n) is 16.8. The average Bonchev–Trinajstić information content (AvgIpc) is 3.15. The molecule has 1 N–H and O–H groups in total. The number of hydrogen-bond donors (Lipinski definition) is 1. The molecule has 0 saturated heterocycles. The van der Waals surface area contributed by atoms with Gasteiger partial charge in [0.1, 0.15) is 11.4 Å². The first-order valence-electron chi connectivity index (χ1n) is 9.68. The lowest BCUT2D eigenvalue weighted by molar-refractivity contribution is -0.137. The number of fused-ring (bicyclic) bond motifs is 1. The van der Waals surface area contributed by atoms with Crippen molar-refractivity contribution in [3.8, 4) is 0 Å². The van der Waals surface area contributed by atoms with Gasteiger partial charge in [0.25, 0.3) is 5.91 Å². The van der Waals surface area contributed by atoms with E-state index in [0.29, 0.717) is 17.5 Å². The number of halogens is 3. The summed E-state index contributed by atoms with van der Waals surface area (Å²) in [5.74, 6) is -1.40. The molecule has 0 radical (unpaired) electrons. The average molecular weight is 428 g/mol. The standard InChI is InChI=1S/C22H19F3N4O2/c1-12-4-3-9-26-18(12)21(31)28-17-11-27-29-13(2)10-16(20(30)19(17)29)14-5-7-15(8-6-14)22(23,24)25/h3-9,11,13,16H,10H2,1-2H3,(H,28,31)/t13-,16?/m0/s1. The molecule has 6 nitrogen and oxygen atoms in total. The maximum atomic E-state index is 13.3. The van der Waals surface area contributed by atoms with E-state index in [2.05, 4.69) is 15.4 Å². The van der Waals surface area contributed by atoms with Crippen LogP contribution in [0.5, 0.6) is 0 Å². The Bertz CT molecular complexity index is 1150. The fourth-order valence-corrected chi connectivity index (χ4v) is 3.84. The molecule has 1 aliphatic heterocycles. The van der Waals surface area contributed by atoms with Crippen LogP contribution in [0.1, 0.15) is 63.0 Å². The highest BCUT2D eigenvalue weighted by atomic mass is 19.4. The number of amides is 1. The van der Waals surface area contributed by atoms with Gasteiger partial charge in [0.05, 0.1) is 29.4 Å². The van der Waals surface area contributed by atoms with Gasteiger partial charge >= 0.3 is 6.18 Å². The number of anilines is 1. The van der Waals surface area contributed by atoms with Gasteiger partial charge in [-0.15, -0.1) is 0 Å². The number of nitrogens with zero attached hydrogens (tertiary/aromatic N) is 3. The maximum absolute atomic E-state index is 13.3. The van der Waals surface area contributed by atoms with E-state index in [0.717, 1.165) is 12.1 Å². The van der Waals surface area contributed by atoms with E-state index in [1.807, 2.05) is 6.92 Å². The number of hydrogen-bond acceptors (Lipinski definition) is 4. The Morgan fingerprint density at radius 3 is 2.55 bits per heavy atom. The van der Waals surface area contributed by atoms with Crippen LogP contribution in [0.3, 0.4) is 0 Å². The molecule has 1 unspecified atom stereocenters. The largest absolute Gasteiger partial charge is 0.416 e. The van der Waals surface area contributed by atoms with E-state index in [-0.39, 0.29) is 28.9 Å². The van der Waals surface area contributed by atoms with Crippen LogP contribution >= 0.6 is 0 Å². The van der Waals surface area contributed by atoms with Gasteiger partial charge in [0, 0.05) is 6.20 Å². The molecule has 2 atom stereocenters. The second-order valence-electron chi connectivity index (χ2n) is 7.60. The first-order valence-corrected chi connectivity index (χ1v) is 9.68. The van der Waals surface area contributed by atoms with Crippen LogP contribution in [0.15, 0.2) is 48.8 Å². The van der Waals surface area contributed by atoms with Crippen LogP contribution in [0.4, 0.5) is 18.9 Å². The van der Waals surface area contributed by atoms with Crippen LogP contribution in [-0.2, 0) is 6.18 Å². The van der Waals surface area contributed by atoms with Gasteiger partial charge < -0.3 is 5.32 Å². The number of benzene rings is 1. The normalized spacial score (nSPS) is 18.5. The molecule has 31 heavy (non-hydrogen) atoms. The number of rotatable bonds is 3. The molecular formula is C22H19F3N4O2. The van der Waals surface area contributed by atoms with Crippen molar-refractivity contribution in [1.29, 1.82) is 0 Å². The molecule has 1 aliphatic rings. The summed E-state index contributed by atoms with van der Waals surface area (Å²) >= 11 is 0. The Balaban J connectivity index is 1.64. The van der Waals surface area contributed by atoms with Crippen molar-refractivity contribution in [3.63, 3.8) is 0 Å². The first-order chi connectivity index (χ1) is 14.7. The van der Waals surface area contributed by atoms with E-state index >= 15 is 0 Å². The number of carbonyl (C=O) groups excluding carboxylic acids is 2. The Morgan fingerprint density at radius 2 is 1.90 bits per heavy atom. The lowest BCUT2D eigenvalue weighted by Crippen LogP contribution is -2.29. The number of aromatic nitrogens is 3. The van der Waals surface area contributed by atoms with E-state index < -0.39 is 23.6 Å². The van der Waals surface area contributed by atoms with Gasteiger partial charge in [-0.1, -0.05) is 18.2 Å². The van der Waals surface area contributed by atoms with Gasteiger partial charge in [-0.25, -0.2) is 0 Å². The van der Waals surface area contributed by atoms with Crippen LogP contribution in [0.2, 0.25) is 0 Å². The minimum absolute atomic E-state index is 0.178. The zero-order valence-corrected chi connectivity index (χ0v) is 16.8. The second-order valence-corrected chi connectivity index (χ2v) is 7.60. The summed E-state index contributed by atoms with van der Waals surface area (Å²) in [4.78, 5) is 30.0. The predicted octanol–water partition coefficient (Wildman–Crippen LogP) is 4.79. The van der Waals surface area contributed by atoms with E-state index in [1.54, 1.807) is 23.7 Å². The molecule has 3 heterocycles. The van der Waals surface area contributed by atoms with E-state index in [4.69, 9.17) is 0 Å². The van der Waals surface area contributed by atoms with Gasteiger partial charge in [-0.2, -0.15) is 18.3 Å². The number of aryl methyl sites for hydroxylation is 1. The maximum Gasteiger partial charge on any atom is 0.416 e. The zero-order chi connectivity index (χ0) is 22.3. The van der Waals surface area contributed by atoms with Gasteiger partial charge in [0.15, 0.2) is 5.78 Å². The monoisotopic (exact) mass is 428 g/mol. The van der Waals surface area contributed by atoms with Crippen LogP contribution in [0, 0.1) is 6.92 Å². The summed E-state index contributed by atoms with van der Waals surface area (Å²) in [6.07, 6.45) is -1.13. The number of alkyl halides is 3. The Morgan fingerprint density at radius 1 is 1.19 bits per heavy atom. The minimum Gasteiger partial charge on any atom is -0.317 e. The Hall–Kier alpha value is -3.49. The predicted molar refractivity (Wildman–Crippen MR) is 107 cm³/mol. The van der Waals surface area contributed by atoms with E-state index in [9.17, 15) is 22.8 Å². The molecule has 0 saturated carbocycles. The lowest BCUT2D eigenvalue weighted by Gasteiger charge is -2.28. The van der Waals surface area contributed by atoms with Crippen LogP contribution in [0.25, 0.3) is 0 Å². The van der Waals surface area contributed by atoms with E-state index in [1.165, 1.54) is 24.5 Å². The highest BCUT2D eigenvalue weighted by molar-refractivity contribution is 6.10. The van der Waals surface area contributed by atoms with Crippen molar-refractivity contribution < 1.29 is 22.8 Å². The smallest absolute Gasteiger partial charge is 0.317 e. The van der Waals surface area contributed by atoms with Crippen molar-refractivity contribution in [2.45, 2.75) is 38.4 Å². The summed E-state index contributed by atoms with van der Waals surface area (Å²) in [5.41, 5.74) is 1.13. The summed E-state index contributed by atoms with van der Waals surface area (Å²) in [7, 11) is 0. The Kier molecular flexibility index (Phi) is 5.12. The number of Topliss-reactive ketones (excluding diaryl/α,β-unsaturated/α-hetero) is 1. The van der Waals surface area contributed by atoms with Gasteiger partial charge in [-0.05, 0) is 49.6 Å². The molecule has 0 bridgehead atoms. The first kappa shape index (κ1) is 20.8. The molecule has 0 fully saturated rings. The number of nitrogens with one attached hydrogen (secondary N) is 1. The van der Waals surface area contributed by atoms with Crippen molar-refractivity contribution in [2.24, 2.45) is 0 Å². The SMILES string of the molecule is Cc1cccnc1C(=O)Nc1cnn2c1C(=O)C(c1ccc(C(F)(F)F)cc1)C[C@@H]2C. The summed E-state index contributed by atoms with van der Waals surface area (Å²) < 4.78 is 40.2. The number of ketones is 1. The topological polar surface area (TPSA) is 76.9 Å². The van der Waals surface area contributed by atoms with Crippen LogP contribution in [-0.4, -0.2) is 26.5 Å². The third-order valence-electron chi connectivity index (χ3n) is 5.45. The van der Waals surface area contributed by atoms with Crippen molar-refractivity contribution in [1.82, 2.24) is 14.8 Å². The highest BCUT2D eigenvalue weighted by Crippen LogP contribution is 2.39. The molecule has 1 aromatic carbocycles. The number of pyridine rings is 1. The van der Waals surface area contributed by atoms with Crippen molar-refractivity contribution in [2.75, 3.05) is 5.32 Å². The van der Waals surface area contributed by atoms with Crippen molar-refractivity contribution in [3.05, 3.63) is 76.9 Å². The molecule has 0 spiro atoms. The van der Waals surface area contributed by atoms with Gasteiger partial charge in [0.2, 0.25) is 0 Å². The Labute approximate surface area is 176 Å². The number of carbonyl (C=O) groups is 2. The summed E-state index contributed by atoms with van der Waals surface area (Å²) in [6.45, 7) is 3.62. The third kappa shape index (κ3) is 3.83. The molecule has 160 valence electrons. The van der Waals surface area contributed by atoms with Crippen LogP contribution < -0.4 is 5.32 Å². The fraction of sp³-hybridized carbons (Fsp3) is 0.273. The third-order valence-corrected chi connectivity index (χ3v) is 5.45. The molecule has 0 aliphatic carbocycles. The van der Waals surface area contributed by atoms with Crippen molar-refractivity contribution >= 4 is 17.4 Å². The molecule has 1 amide bonds. The minimum atomic E-state index is -4.44. The molecule has 2 aromatic heterocycles. The second kappa shape index (κ2) is 7.64.